The van der Waals surface area contributed by atoms with Crippen LogP contribution in [0.4, 0.5) is 0 Å². The van der Waals surface area contributed by atoms with E-state index in [-0.39, 0.29) is 23.7 Å². The van der Waals surface area contributed by atoms with E-state index >= 15 is 0 Å². The fraction of sp³-hybridized carbons (Fsp3) is 0.333. The lowest BCUT2D eigenvalue weighted by Crippen LogP contribution is -2.14. The number of ketones is 2. The zero-order valence-electron chi connectivity index (χ0n) is 20.6. The number of carbonyl (C=O) groups is 2. The molecular formula is C27H33NO8. The molecule has 36 heavy (non-hydrogen) atoms. The summed E-state index contributed by atoms with van der Waals surface area (Å²) in [5.41, 5.74) is 6.73. The molecule has 0 aliphatic carbocycles. The largest absolute Gasteiger partial charge is 0.504 e. The Morgan fingerprint density at radius 2 is 1.33 bits per heavy atom. The van der Waals surface area contributed by atoms with Gasteiger partial charge in [0.05, 0.1) is 47.1 Å². The average molecular weight is 500 g/mol. The minimum absolute atomic E-state index is 0.00628. The highest BCUT2D eigenvalue weighted by Crippen LogP contribution is 2.29. The third kappa shape index (κ3) is 10.3. The van der Waals surface area contributed by atoms with Gasteiger partial charge in [0.25, 0.3) is 0 Å². The molecule has 2 aromatic carbocycles. The van der Waals surface area contributed by atoms with Gasteiger partial charge in [-0.05, 0) is 47.5 Å². The van der Waals surface area contributed by atoms with Crippen molar-refractivity contribution in [3.63, 3.8) is 0 Å². The maximum atomic E-state index is 12.2. The Hall–Kier alpha value is -3.66. The number of phenolic OH excluding ortho intramolecular Hbond substituents is 1. The monoisotopic (exact) mass is 499 g/mol. The molecule has 0 spiro atoms. The molecule has 9 heteroatoms. The molecule has 0 atom stereocenters. The highest BCUT2D eigenvalue weighted by atomic mass is 16.6. The van der Waals surface area contributed by atoms with Gasteiger partial charge in [0.15, 0.2) is 34.6 Å². The lowest BCUT2D eigenvalue weighted by molar-refractivity contribution is -0.121. The second-order valence-electron chi connectivity index (χ2n) is 7.48. The summed E-state index contributed by atoms with van der Waals surface area (Å²) in [5.74, 6) is 0.695. The van der Waals surface area contributed by atoms with Crippen molar-refractivity contribution >= 4 is 23.7 Å². The van der Waals surface area contributed by atoms with Crippen LogP contribution >= 0.6 is 0 Å². The zero-order valence-corrected chi connectivity index (χ0v) is 20.6. The summed E-state index contributed by atoms with van der Waals surface area (Å²) in [7, 11) is 2.97. The van der Waals surface area contributed by atoms with Crippen molar-refractivity contribution in [2.75, 3.05) is 53.8 Å². The topological polar surface area (TPSA) is 127 Å². The normalized spacial score (nSPS) is 11.2. The van der Waals surface area contributed by atoms with Crippen LogP contribution in [0.3, 0.4) is 0 Å². The molecule has 0 heterocycles. The Kier molecular flexibility index (Phi) is 12.8. The molecular weight excluding hydrogens is 466 g/mol. The van der Waals surface area contributed by atoms with Gasteiger partial charge in [0.2, 0.25) is 0 Å². The first-order valence-corrected chi connectivity index (χ1v) is 11.4. The van der Waals surface area contributed by atoms with E-state index in [2.05, 4.69) is 0 Å². The molecule has 0 aliphatic rings. The smallest absolute Gasteiger partial charge is 0.163 e. The minimum atomic E-state index is -0.341. The van der Waals surface area contributed by atoms with Crippen LogP contribution in [0.1, 0.15) is 17.5 Å². The number of ether oxygens (including phenoxy) is 5. The highest BCUT2D eigenvalue weighted by Gasteiger charge is 2.07. The molecule has 194 valence electrons. The first kappa shape index (κ1) is 28.6. The van der Waals surface area contributed by atoms with Crippen molar-refractivity contribution < 1.29 is 38.4 Å². The molecule has 0 saturated heterocycles. The molecule has 0 radical (unpaired) electrons. The van der Waals surface area contributed by atoms with E-state index in [0.717, 1.165) is 5.56 Å². The Balaban J connectivity index is 1.82. The van der Waals surface area contributed by atoms with Crippen LogP contribution in [0.2, 0.25) is 0 Å². The van der Waals surface area contributed by atoms with Crippen LogP contribution < -0.4 is 19.9 Å². The third-order valence-corrected chi connectivity index (χ3v) is 4.78. The molecule has 2 aromatic rings. The maximum absolute atomic E-state index is 12.2. The van der Waals surface area contributed by atoms with Gasteiger partial charge < -0.3 is 34.5 Å². The summed E-state index contributed by atoms with van der Waals surface area (Å²) in [6.45, 7) is 2.67. The van der Waals surface area contributed by atoms with Gasteiger partial charge in [-0.3, -0.25) is 9.59 Å². The third-order valence-electron chi connectivity index (χ3n) is 4.78. The number of phenols is 1. The second-order valence-corrected chi connectivity index (χ2v) is 7.48. The first-order chi connectivity index (χ1) is 17.5. The highest BCUT2D eigenvalue weighted by molar-refractivity contribution is 6.10. The van der Waals surface area contributed by atoms with E-state index in [0.29, 0.717) is 62.4 Å². The van der Waals surface area contributed by atoms with Gasteiger partial charge in [0, 0.05) is 6.54 Å². The zero-order chi connectivity index (χ0) is 26.2. The SMILES string of the molecule is COc1cc(/C=C/C(=O)CC(=O)/C=C/c2ccc(OCCOCCOCCN)c(OC)c2)ccc1O. The number of hydrogen-bond acceptors (Lipinski definition) is 9. The van der Waals surface area contributed by atoms with Gasteiger partial charge in [-0.2, -0.15) is 0 Å². The minimum Gasteiger partial charge on any atom is -0.504 e. The molecule has 2 rings (SSSR count). The molecule has 0 aliphatic heterocycles. The predicted octanol–water partition coefficient (Wildman–Crippen LogP) is 3.04. The summed E-state index contributed by atoms with van der Waals surface area (Å²) in [4.78, 5) is 24.3. The van der Waals surface area contributed by atoms with Crippen LogP contribution in [0, 0.1) is 0 Å². The van der Waals surface area contributed by atoms with Crippen molar-refractivity contribution in [2.45, 2.75) is 6.42 Å². The van der Waals surface area contributed by atoms with Crippen molar-refractivity contribution in [1.82, 2.24) is 0 Å². The van der Waals surface area contributed by atoms with Crippen molar-refractivity contribution in [2.24, 2.45) is 5.73 Å². The van der Waals surface area contributed by atoms with Gasteiger partial charge in [0.1, 0.15) is 6.61 Å². The Labute approximate surface area is 211 Å². The first-order valence-electron chi connectivity index (χ1n) is 11.4. The van der Waals surface area contributed by atoms with Crippen LogP contribution in [-0.2, 0) is 19.1 Å². The summed E-state index contributed by atoms with van der Waals surface area (Å²) < 4.78 is 26.8. The van der Waals surface area contributed by atoms with Crippen molar-refractivity contribution in [3.05, 3.63) is 59.7 Å². The fourth-order valence-corrected chi connectivity index (χ4v) is 2.99. The van der Waals surface area contributed by atoms with E-state index in [1.165, 1.54) is 32.4 Å². The Morgan fingerprint density at radius 1 is 0.778 bits per heavy atom. The average Bonchev–Trinajstić information content (AvgIpc) is 2.88. The van der Waals surface area contributed by atoms with Gasteiger partial charge in [-0.25, -0.2) is 0 Å². The summed E-state index contributed by atoms with van der Waals surface area (Å²) in [5, 5.41) is 9.63. The lowest BCUT2D eigenvalue weighted by Gasteiger charge is -2.11. The standard InChI is InChI=1S/C27H33NO8/c1-32-26-17-20(5-9-24(26)31)3-7-22(29)19-23(30)8-4-21-6-10-25(27(18-21)33-2)36-16-15-35-14-13-34-12-11-28/h3-10,17-18,31H,11-16,19,28H2,1-2H3/b7-3+,8-4+. The molecule has 0 bridgehead atoms. The Bertz CT molecular complexity index is 1050. The van der Waals surface area contributed by atoms with Gasteiger partial charge in [-0.15, -0.1) is 0 Å². The van der Waals surface area contributed by atoms with E-state index in [4.69, 9.17) is 29.4 Å². The second kappa shape index (κ2) is 16.1. The number of benzene rings is 2. The Morgan fingerprint density at radius 3 is 1.94 bits per heavy atom. The summed E-state index contributed by atoms with van der Waals surface area (Å²) >= 11 is 0. The molecule has 0 unspecified atom stereocenters. The molecule has 3 N–H and O–H groups in total. The van der Waals surface area contributed by atoms with Crippen LogP contribution in [0.5, 0.6) is 23.0 Å². The molecule has 0 saturated carbocycles. The van der Waals surface area contributed by atoms with E-state index in [1.807, 2.05) is 0 Å². The number of rotatable bonds is 17. The van der Waals surface area contributed by atoms with Crippen LogP contribution in [-0.4, -0.2) is 70.5 Å². The van der Waals surface area contributed by atoms with Crippen LogP contribution in [0.15, 0.2) is 48.6 Å². The van der Waals surface area contributed by atoms with Crippen molar-refractivity contribution in [3.8, 4) is 23.0 Å². The fourth-order valence-electron chi connectivity index (χ4n) is 2.99. The summed E-state index contributed by atoms with van der Waals surface area (Å²) in [6, 6.07) is 9.96. The summed E-state index contributed by atoms with van der Waals surface area (Å²) in [6.07, 6.45) is 5.58. The number of methoxy groups -OCH3 is 2. The maximum Gasteiger partial charge on any atom is 0.163 e. The van der Waals surface area contributed by atoms with E-state index < -0.39 is 0 Å². The number of allylic oxidation sites excluding steroid dienone is 2. The van der Waals surface area contributed by atoms with Crippen LogP contribution in [0.25, 0.3) is 12.2 Å². The molecule has 0 amide bonds. The number of carbonyl (C=O) groups excluding carboxylic acids is 2. The predicted molar refractivity (Wildman–Crippen MR) is 137 cm³/mol. The van der Waals surface area contributed by atoms with Gasteiger partial charge >= 0.3 is 0 Å². The lowest BCUT2D eigenvalue weighted by atomic mass is 10.1. The van der Waals surface area contributed by atoms with E-state index in [1.54, 1.807) is 42.5 Å². The molecule has 9 nitrogen and oxygen atoms in total. The van der Waals surface area contributed by atoms with Gasteiger partial charge in [-0.1, -0.05) is 24.3 Å². The number of aromatic hydroxyl groups is 1. The quantitative estimate of drug-likeness (QED) is 0.192. The molecule has 0 aromatic heterocycles. The van der Waals surface area contributed by atoms with Crippen molar-refractivity contribution in [1.29, 1.82) is 0 Å². The van der Waals surface area contributed by atoms with E-state index in [9.17, 15) is 14.7 Å². The number of nitrogens with two attached hydrogens (primary N) is 1. The molecule has 0 fully saturated rings. The number of hydrogen-bond donors (Lipinski definition) is 2.